The lowest BCUT2D eigenvalue weighted by Gasteiger charge is -2.26. The van der Waals surface area contributed by atoms with Crippen molar-refractivity contribution < 1.29 is 9.53 Å². The van der Waals surface area contributed by atoms with Crippen molar-refractivity contribution in [3.05, 3.63) is 0 Å². The fraction of sp³-hybridized carbons (Fsp3) is 0.929. The van der Waals surface area contributed by atoms with Crippen molar-refractivity contribution >= 4 is 6.09 Å². The summed E-state index contributed by atoms with van der Waals surface area (Å²) < 4.78 is 5.42. The number of rotatable bonds is 2. The molecule has 0 aliphatic carbocycles. The first kappa shape index (κ1) is 15.3. The summed E-state index contributed by atoms with van der Waals surface area (Å²) in [4.78, 5) is 13.8. The molecule has 0 bridgehead atoms. The van der Waals surface area contributed by atoms with E-state index in [4.69, 9.17) is 4.74 Å². The zero-order chi connectivity index (χ0) is 13.8. The van der Waals surface area contributed by atoms with Crippen LogP contribution in [0.15, 0.2) is 0 Å². The maximum Gasteiger partial charge on any atom is 0.410 e. The van der Waals surface area contributed by atoms with Crippen molar-refractivity contribution in [2.45, 2.75) is 71.6 Å². The number of amides is 1. The summed E-state index contributed by atoms with van der Waals surface area (Å²) in [7, 11) is 0. The molecule has 4 heteroatoms. The quantitative estimate of drug-likeness (QED) is 0.826. The molecular formula is C14H28N2O2. The number of hydrogen-bond donors (Lipinski definition) is 1. The molecule has 1 aliphatic heterocycles. The molecule has 1 fully saturated rings. The number of carbonyl (C=O) groups excluding carboxylic acids is 1. The Hall–Kier alpha value is -0.770. The Morgan fingerprint density at radius 1 is 1.28 bits per heavy atom. The lowest BCUT2D eigenvalue weighted by molar-refractivity contribution is 0.0256. The maximum atomic E-state index is 12.0. The van der Waals surface area contributed by atoms with Crippen molar-refractivity contribution in [3.8, 4) is 0 Å². The van der Waals surface area contributed by atoms with Crippen molar-refractivity contribution in [1.29, 1.82) is 0 Å². The Labute approximate surface area is 111 Å². The van der Waals surface area contributed by atoms with Gasteiger partial charge in [-0.2, -0.15) is 0 Å². The number of carbonyl (C=O) groups is 1. The highest BCUT2D eigenvalue weighted by Gasteiger charge is 2.25. The van der Waals surface area contributed by atoms with Crippen LogP contribution in [0.2, 0.25) is 0 Å². The van der Waals surface area contributed by atoms with Gasteiger partial charge in [0.1, 0.15) is 5.60 Å². The molecular weight excluding hydrogens is 228 g/mol. The molecule has 4 nitrogen and oxygen atoms in total. The highest BCUT2D eigenvalue weighted by Crippen LogP contribution is 2.15. The Morgan fingerprint density at radius 2 is 1.94 bits per heavy atom. The first-order chi connectivity index (χ1) is 8.28. The van der Waals surface area contributed by atoms with Crippen LogP contribution in [0.5, 0.6) is 0 Å². The van der Waals surface area contributed by atoms with Gasteiger partial charge in [-0.1, -0.05) is 13.8 Å². The summed E-state index contributed by atoms with van der Waals surface area (Å²) in [6.07, 6.45) is 3.02. The molecule has 0 aromatic carbocycles. The summed E-state index contributed by atoms with van der Waals surface area (Å²) in [6, 6.07) is 1.03. The second kappa shape index (κ2) is 6.41. The highest BCUT2D eigenvalue weighted by molar-refractivity contribution is 5.68. The first-order valence-electron chi connectivity index (χ1n) is 7.02. The van der Waals surface area contributed by atoms with Crippen molar-refractivity contribution in [2.75, 3.05) is 13.1 Å². The van der Waals surface area contributed by atoms with Crippen molar-refractivity contribution in [3.63, 3.8) is 0 Å². The molecule has 0 aromatic rings. The van der Waals surface area contributed by atoms with Crippen LogP contribution in [0.4, 0.5) is 4.79 Å². The number of ether oxygens (including phenoxy) is 1. The van der Waals surface area contributed by atoms with E-state index in [0.717, 1.165) is 32.4 Å². The molecule has 1 aliphatic rings. The predicted octanol–water partition coefficient (Wildman–Crippen LogP) is 2.77. The Morgan fingerprint density at radius 3 is 2.50 bits per heavy atom. The molecule has 0 radical (unpaired) electrons. The summed E-state index contributed by atoms with van der Waals surface area (Å²) in [5.74, 6) is 0. The SMILES string of the molecule is CC(C)N[C@@H]1CCCN(C(=O)OC(C)(C)C)CC1. The first-order valence-corrected chi connectivity index (χ1v) is 7.02. The summed E-state index contributed by atoms with van der Waals surface area (Å²) in [5.41, 5.74) is -0.404. The van der Waals surface area contributed by atoms with E-state index in [1.54, 1.807) is 0 Å². The van der Waals surface area contributed by atoms with Crippen LogP contribution < -0.4 is 5.32 Å². The molecule has 1 heterocycles. The molecule has 0 saturated carbocycles. The highest BCUT2D eigenvalue weighted by atomic mass is 16.6. The van der Waals surface area contributed by atoms with Gasteiger partial charge in [0, 0.05) is 25.2 Å². The van der Waals surface area contributed by atoms with Gasteiger partial charge in [-0.3, -0.25) is 0 Å². The van der Waals surface area contributed by atoms with E-state index in [0.29, 0.717) is 12.1 Å². The minimum absolute atomic E-state index is 0.173. The molecule has 1 rings (SSSR count). The lowest BCUT2D eigenvalue weighted by Crippen LogP contribution is -2.39. The molecule has 0 aromatic heterocycles. The van der Waals surface area contributed by atoms with Crippen molar-refractivity contribution in [1.82, 2.24) is 10.2 Å². The van der Waals surface area contributed by atoms with Gasteiger partial charge in [-0.25, -0.2) is 4.79 Å². The average Bonchev–Trinajstić information content (AvgIpc) is 2.39. The summed E-state index contributed by atoms with van der Waals surface area (Å²) >= 11 is 0. The van der Waals surface area contributed by atoms with Crippen LogP contribution in [0.1, 0.15) is 53.9 Å². The third-order valence-electron chi connectivity index (χ3n) is 2.95. The third kappa shape index (κ3) is 5.71. The normalized spacial score (nSPS) is 21.9. The zero-order valence-electron chi connectivity index (χ0n) is 12.5. The monoisotopic (exact) mass is 256 g/mol. The number of nitrogens with zero attached hydrogens (tertiary/aromatic N) is 1. The van der Waals surface area contributed by atoms with Crippen LogP contribution in [0, 0.1) is 0 Å². The molecule has 1 saturated heterocycles. The van der Waals surface area contributed by atoms with E-state index in [9.17, 15) is 4.79 Å². The van der Waals surface area contributed by atoms with Gasteiger partial charge < -0.3 is 15.0 Å². The Kier molecular flexibility index (Phi) is 5.45. The van der Waals surface area contributed by atoms with E-state index in [2.05, 4.69) is 19.2 Å². The summed E-state index contributed by atoms with van der Waals surface area (Å²) in [5, 5.41) is 3.55. The van der Waals surface area contributed by atoms with Crippen LogP contribution >= 0.6 is 0 Å². The standard InChI is InChI=1S/C14H28N2O2/c1-11(2)15-12-7-6-9-16(10-8-12)13(17)18-14(3,4)5/h11-12,15H,6-10H2,1-5H3/t12-/m1/s1. The Balaban J connectivity index is 2.44. The minimum Gasteiger partial charge on any atom is -0.444 e. The van der Waals surface area contributed by atoms with E-state index >= 15 is 0 Å². The fourth-order valence-corrected chi connectivity index (χ4v) is 2.24. The van der Waals surface area contributed by atoms with Gasteiger partial charge in [-0.05, 0) is 40.0 Å². The maximum absolute atomic E-state index is 12.0. The smallest absolute Gasteiger partial charge is 0.410 e. The fourth-order valence-electron chi connectivity index (χ4n) is 2.24. The molecule has 1 amide bonds. The predicted molar refractivity (Wildman–Crippen MR) is 73.7 cm³/mol. The second-order valence-corrected chi connectivity index (χ2v) is 6.42. The van der Waals surface area contributed by atoms with E-state index in [1.807, 2.05) is 25.7 Å². The molecule has 0 spiro atoms. The molecule has 106 valence electrons. The van der Waals surface area contributed by atoms with Crippen LogP contribution in [-0.4, -0.2) is 41.8 Å². The van der Waals surface area contributed by atoms with Gasteiger partial charge in [0.05, 0.1) is 0 Å². The zero-order valence-corrected chi connectivity index (χ0v) is 12.5. The van der Waals surface area contributed by atoms with Gasteiger partial charge in [0.15, 0.2) is 0 Å². The molecule has 1 N–H and O–H groups in total. The molecule has 18 heavy (non-hydrogen) atoms. The van der Waals surface area contributed by atoms with Crippen molar-refractivity contribution in [2.24, 2.45) is 0 Å². The number of hydrogen-bond acceptors (Lipinski definition) is 3. The van der Waals surface area contributed by atoms with Gasteiger partial charge in [0.25, 0.3) is 0 Å². The van der Waals surface area contributed by atoms with Crippen LogP contribution in [0.3, 0.4) is 0 Å². The van der Waals surface area contributed by atoms with E-state index in [1.165, 1.54) is 0 Å². The van der Waals surface area contributed by atoms with Crippen LogP contribution in [-0.2, 0) is 4.74 Å². The van der Waals surface area contributed by atoms with Gasteiger partial charge >= 0.3 is 6.09 Å². The molecule has 0 unspecified atom stereocenters. The minimum atomic E-state index is -0.404. The lowest BCUT2D eigenvalue weighted by atomic mass is 10.1. The second-order valence-electron chi connectivity index (χ2n) is 6.42. The van der Waals surface area contributed by atoms with Gasteiger partial charge in [-0.15, -0.1) is 0 Å². The third-order valence-corrected chi connectivity index (χ3v) is 2.95. The van der Waals surface area contributed by atoms with Gasteiger partial charge in [0.2, 0.25) is 0 Å². The Bertz CT molecular complexity index is 271. The number of nitrogens with one attached hydrogen (secondary N) is 1. The summed E-state index contributed by atoms with van der Waals surface area (Å²) in [6.45, 7) is 11.7. The topological polar surface area (TPSA) is 41.6 Å². The molecule has 1 atom stereocenters. The van der Waals surface area contributed by atoms with E-state index in [-0.39, 0.29) is 6.09 Å². The van der Waals surface area contributed by atoms with Crippen LogP contribution in [0.25, 0.3) is 0 Å². The average molecular weight is 256 g/mol. The number of likely N-dealkylation sites (tertiary alicyclic amines) is 1. The van der Waals surface area contributed by atoms with E-state index < -0.39 is 5.60 Å². The largest absolute Gasteiger partial charge is 0.444 e.